The van der Waals surface area contributed by atoms with E-state index in [1.807, 2.05) is 0 Å². The Hall–Kier alpha value is -2.73. The Bertz CT molecular complexity index is 955. The van der Waals surface area contributed by atoms with Crippen LogP contribution < -0.4 is 5.32 Å². The molecule has 3 rings (SSSR count). The largest absolute Gasteiger partial charge is 0.490 e. The molecule has 2 saturated heterocycles. The van der Waals surface area contributed by atoms with Gasteiger partial charge in [0.1, 0.15) is 0 Å². The molecule has 2 aliphatic rings. The van der Waals surface area contributed by atoms with E-state index in [2.05, 4.69) is 20.2 Å². The van der Waals surface area contributed by atoms with E-state index in [1.165, 1.54) is 0 Å². The molecule has 0 amide bonds. The first-order valence-corrected chi connectivity index (χ1v) is 12.4. The van der Waals surface area contributed by atoms with Crippen molar-refractivity contribution in [2.45, 2.75) is 25.4 Å². The molecular weight excluding hydrogens is 542 g/mol. The minimum atomic E-state index is -5.08. The van der Waals surface area contributed by atoms with Crippen molar-refractivity contribution in [3.63, 3.8) is 0 Å². The molecule has 3 N–H and O–H groups in total. The molecule has 1 aromatic rings. The highest BCUT2D eigenvalue weighted by molar-refractivity contribution is 7.91. The van der Waals surface area contributed by atoms with Gasteiger partial charge in [-0.15, -0.1) is 0 Å². The summed E-state index contributed by atoms with van der Waals surface area (Å²) >= 11 is 0. The van der Waals surface area contributed by atoms with E-state index in [-0.39, 0.29) is 17.6 Å². The Kier molecular flexibility index (Phi) is 12.0. The zero-order valence-corrected chi connectivity index (χ0v) is 20.2. The summed E-state index contributed by atoms with van der Waals surface area (Å²) in [7, 11) is -2.90. The fraction of sp³-hybridized carbons (Fsp3) is 0.684. The highest BCUT2D eigenvalue weighted by Crippen LogP contribution is 2.33. The number of anilines is 1. The number of likely N-dealkylation sites (tertiary alicyclic amines) is 1. The molecule has 3 atom stereocenters. The van der Waals surface area contributed by atoms with Gasteiger partial charge in [-0.3, -0.25) is 4.90 Å². The van der Waals surface area contributed by atoms with Crippen LogP contribution in [0.1, 0.15) is 6.92 Å². The van der Waals surface area contributed by atoms with Crippen molar-refractivity contribution < 1.29 is 59.3 Å². The van der Waals surface area contributed by atoms with Crippen LogP contribution in [0.4, 0.5) is 32.3 Å². The van der Waals surface area contributed by atoms with E-state index in [0.29, 0.717) is 24.3 Å². The number of sulfone groups is 1. The number of nitrogens with zero attached hydrogens (tertiary/aromatic N) is 3. The summed E-state index contributed by atoms with van der Waals surface area (Å²) in [5, 5.41) is 17.5. The molecule has 0 bridgehead atoms. The zero-order valence-electron chi connectivity index (χ0n) is 19.4. The van der Waals surface area contributed by atoms with Gasteiger partial charge in [-0.25, -0.2) is 28.0 Å². The normalized spacial score (nSPS) is 21.6. The molecule has 18 heteroatoms. The van der Waals surface area contributed by atoms with E-state index >= 15 is 0 Å². The number of ether oxygens (including phenoxy) is 1. The first-order valence-electron chi connectivity index (χ1n) is 10.6. The number of carbonyl (C=O) groups is 2. The Balaban J connectivity index is 0.000000404. The van der Waals surface area contributed by atoms with Gasteiger partial charge < -0.3 is 20.3 Å². The summed E-state index contributed by atoms with van der Waals surface area (Å²) in [5.74, 6) is -3.55. The van der Waals surface area contributed by atoms with Crippen molar-refractivity contribution in [1.29, 1.82) is 0 Å². The number of halogens is 6. The van der Waals surface area contributed by atoms with Crippen LogP contribution in [0.15, 0.2) is 18.5 Å². The molecule has 11 nitrogen and oxygen atoms in total. The zero-order chi connectivity index (χ0) is 28.4. The molecule has 2 aliphatic heterocycles. The average Bonchev–Trinajstić information content (AvgIpc) is 3.37. The number of aliphatic carboxylic acids is 2. The molecule has 0 aromatic carbocycles. The molecule has 3 heterocycles. The number of nitrogens with one attached hydrogen (secondary N) is 1. The van der Waals surface area contributed by atoms with E-state index in [4.69, 9.17) is 24.5 Å². The van der Waals surface area contributed by atoms with Gasteiger partial charge in [0, 0.05) is 56.2 Å². The number of rotatable bonds is 7. The molecule has 2 fully saturated rings. The van der Waals surface area contributed by atoms with Gasteiger partial charge in [0.15, 0.2) is 9.84 Å². The summed E-state index contributed by atoms with van der Waals surface area (Å²) in [6.07, 6.45) is -6.51. The average molecular weight is 568 g/mol. The summed E-state index contributed by atoms with van der Waals surface area (Å²) in [6, 6.07) is 1.79. The molecule has 1 aromatic heterocycles. The highest BCUT2D eigenvalue weighted by atomic mass is 32.2. The Morgan fingerprint density at radius 3 is 2.05 bits per heavy atom. The standard InChI is InChI=1S/C15H24N4O3S.2C2HF3O2/c1-2-23(20,21)7-6-19-9-13-12(11-22-14(13)10-19)8-18-15-16-4-3-5-17-15;2*3-2(4,5)1(6)7/h3-5,12-14H,2,6-11H2,1H3,(H,16,17,18);2*(H,6,7)/t12-,13+,14+;;/m0../s1. The van der Waals surface area contributed by atoms with Gasteiger partial charge in [-0.05, 0) is 6.07 Å². The van der Waals surface area contributed by atoms with Crippen molar-refractivity contribution in [3.05, 3.63) is 18.5 Å². The predicted molar refractivity (Wildman–Crippen MR) is 115 cm³/mol. The SMILES string of the molecule is CCS(=O)(=O)CCN1C[C@@H]2[C@@H](CNc3ncccn3)CO[C@@H]2C1.O=C(O)C(F)(F)F.O=C(O)C(F)(F)F. The third-order valence-corrected chi connectivity index (χ3v) is 6.93. The Labute approximate surface area is 207 Å². The maximum absolute atomic E-state index is 11.6. The van der Waals surface area contributed by atoms with Crippen LogP contribution in [0.25, 0.3) is 0 Å². The molecule has 0 spiro atoms. The van der Waals surface area contributed by atoms with Gasteiger partial charge >= 0.3 is 24.3 Å². The lowest BCUT2D eigenvalue weighted by atomic mass is 9.93. The minimum Gasteiger partial charge on any atom is -0.475 e. The molecule has 0 radical (unpaired) electrons. The van der Waals surface area contributed by atoms with Crippen LogP contribution in [0.3, 0.4) is 0 Å². The van der Waals surface area contributed by atoms with Crippen LogP contribution in [0, 0.1) is 11.8 Å². The molecule has 37 heavy (non-hydrogen) atoms. The molecule has 0 saturated carbocycles. The first kappa shape index (κ1) is 32.3. The molecule has 0 aliphatic carbocycles. The number of alkyl halides is 6. The number of fused-ring (bicyclic) bond motifs is 1. The van der Waals surface area contributed by atoms with Crippen molar-refractivity contribution in [3.8, 4) is 0 Å². The van der Waals surface area contributed by atoms with E-state index in [9.17, 15) is 34.8 Å². The fourth-order valence-corrected chi connectivity index (χ4v) is 4.12. The second-order valence-corrected chi connectivity index (χ2v) is 10.3. The quantitative estimate of drug-likeness (QED) is 0.410. The van der Waals surface area contributed by atoms with Crippen molar-refractivity contribution >= 4 is 27.7 Å². The van der Waals surface area contributed by atoms with Gasteiger partial charge in [0.05, 0.1) is 18.5 Å². The number of hydrogen-bond donors (Lipinski definition) is 3. The summed E-state index contributed by atoms with van der Waals surface area (Å²) < 4.78 is 92.7. The fourth-order valence-electron chi connectivity index (χ4n) is 3.30. The summed E-state index contributed by atoms with van der Waals surface area (Å²) in [5.41, 5.74) is 0. The topological polar surface area (TPSA) is 159 Å². The number of aromatic nitrogens is 2. The number of hydrogen-bond acceptors (Lipinski definition) is 9. The van der Waals surface area contributed by atoms with Crippen molar-refractivity contribution in [2.75, 3.05) is 49.6 Å². The highest BCUT2D eigenvalue weighted by Gasteiger charge is 2.43. The smallest absolute Gasteiger partial charge is 0.475 e. The lowest BCUT2D eigenvalue weighted by molar-refractivity contribution is -0.193. The summed E-state index contributed by atoms with van der Waals surface area (Å²) in [6.45, 7) is 5.58. The van der Waals surface area contributed by atoms with Gasteiger partial charge in [0.25, 0.3) is 0 Å². The third kappa shape index (κ3) is 11.9. The van der Waals surface area contributed by atoms with Gasteiger partial charge in [-0.2, -0.15) is 26.3 Å². The van der Waals surface area contributed by atoms with Crippen LogP contribution >= 0.6 is 0 Å². The van der Waals surface area contributed by atoms with Crippen molar-refractivity contribution in [2.24, 2.45) is 11.8 Å². The Morgan fingerprint density at radius 2 is 1.59 bits per heavy atom. The number of carboxylic acids is 2. The minimum absolute atomic E-state index is 0.216. The molecule has 0 unspecified atom stereocenters. The first-order chi connectivity index (χ1) is 17.0. The lowest BCUT2D eigenvalue weighted by Gasteiger charge is -2.19. The maximum Gasteiger partial charge on any atom is 0.490 e. The summed E-state index contributed by atoms with van der Waals surface area (Å²) in [4.78, 5) is 28.3. The lowest BCUT2D eigenvalue weighted by Crippen LogP contribution is -2.31. The monoisotopic (exact) mass is 568 g/mol. The Morgan fingerprint density at radius 1 is 1.08 bits per heavy atom. The van der Waals surface area contributed by atoms with Crippen LogP contribution in [0.2, 0.25) is 0 Å². The second kappa shape index (κ2) is 13.7. The van der Waals surface area contributed by atoms with Gasteiger partial charge in [-0.1, -0.05) is 6.92 Å². The van der Waals surface area contributed by atoms with Crippen molar-refractivity contribution in [1.82, 2.24) is 14.9 Å². The third-order valence-electron chi connectivity index (χ3n) is 5.25. The van der Waals surface area contributed by atoms with Crippen LogP contribution in [0.5, 0.6) is 0 Å². The van der Waals surface area contributed by atoms with E-state index < -0.39 is 34.1 Å². The van der Waals surface area contributed by atoms with E-state index in [1.54, 1.807) is 25.4 Å². The van der Waals surface area contributed by atoms with Gasteiger partial charge in [0.2, 0.25) is 5.95 Å². The predicted octanol–water partition coefficient (Wildman–Crippen LogP) is 1.54. The molecule has 212 valence electrons. The number of carboxylic acid groups (broad SMARTS) is 2. The maximum atomic E-state index is 11.6. The van der Waals surface area contributed by atoms with Crippen LogP contribution in [-0.2, 0) is 24.2 Å². The van der Waals surface area contributed by atoms with E-state index in [0.717, 1.165) is 26.2 Å². The second-order valence-electron chi connectivity index (χ2n) is 7.85. The molecular formula is C19H26F6N4O7S. The van der Waals surface area contributed by atoms with Crippen LogP contribution in [-0.4, -0.2) is 108 Å².